The Hall–Kier alpha value is -0.160. The van der Waals surface area contributed by atoms with Crippen LogP contribution in [-0.2, 0) is 0 Å². The summed E-state index contributed by atoms with van der Waals surface area (Å²) >= 11 is 0. The van der Waals surface area contributed by atoms with Gasteiger partial charge in [0.1, 0.15) is 6.23 Å². The molecule has 0 bridgehead atoms. The molecule has 0 aliphatic rings. The number of nitrogens with two attached hydrogens (primary N) is 2. The Labute approximate surface area is 48.1 Å². The maximum Gasteiger partial charge on any atom is 0.120 e. The molecule has 0 saturated carbocycles. The molecule has 0 fully saturated rings. The van der Waals surface area contributed by atoms with Gasteiger partial charge in [0.2, 0.25) is 0 Å². The molecule has 4 nitrogen and oxygen atoms in total. The number of aliphatic hydroxyl groups excluding tert-OH is 2. The van der Waals surface area contributed by atoms with Crippen molar-refractivity contribution in [3.63, 3.8) is 0 Å². The fraction of sp³-hybridized carbons (Fsp3) is 1.00. The Bertz CT molecular complexity index is 57.1. The topological polar surface area (TPSA) is 92.5 Å². The largest absolute Gasteiger partial charge is 0.392 e. The van der Waals surface area contributed by atoms with Crippen LogP contribution in [0.15, 0.2) is 0 Å². The summed E-state index contributed by atoms with van der Waals surface area (Å²) in [5, 5.41) is 17.1. The first-order valence-corrected chi connectivity index (χ1v) is 2.43. The van der Waals surface area contributed by atoms with E-state index >= 15 is 0 Å². The highest BCUT2D eigenvalue weighted by Crippen LogP contribution is 1.88. The molecule has 3 unspecified atom stereocenters. The summed E-state index contributed by atoms with van der Waals surface area (Å²) in [7, 11) is 0. The van der Waals surface area contributed by atoms with Crippen LogP contribution in [0.2, 0.25) is 0 Å². The fourth-order valence-corrected chi connectivity index (χ4v) is 0.285. The van der Waals surface area contributed by atoms with E-state index in [1.807, 2.05) is 0 Å². The van der Waals surface area contributed by atoms with Crippen LogP contribution in [0.5, 0.6) is 0 Å². The van der Waals surface area contributed by atoms with Gasteiger partial charge in [-0.3, -0.25) is 0 Å². The Morgan fingerprint density at radius 3 is 1.62 bits per heavy atom. The highest BCUT2D eigenvalue weighted by Gasteiger charge is 2.14. The third kappa shape index (κ3) is 2.23. The van der Waals surface area contributed by atoms with Crippen molar-refractivity contribution in [1.29, 1.82) is 0 Å². The molecule has 0 saturated heterocycles. The van der Waals surface area contributed by atoms with Crippen molar-refractivity contribution < 1.29 is 10.2 Å². The lowest BCUT2D eigenvalue weighted by Crippen LogP contribution is -2.48. The molecule has 0 heterocycles. The highest BCUT2D eigenvalue weighted by atomic mass is 16.3. The lowest BCUT2D eigenvalue weighted by atomic mass is 10.2. The van der Waals surface area contributed by atoms with Crippen molar-refractivity contribution in [3.8, 4) is 0 Å². The standard InChI is InChI=1S/C4H12N2O2/c1-2(7)3(5)4(6)8/h2-4,7-8H,5-6H2,1H3. The van der Waals surface area contributed by atoms with Crippen LogP contribution in [0.25, 0.3) is 0 Å². The minimum Gasteiger partial charge on any atom is -0.392 e. The lowest BCUT2D eigenvalue weighted by molar-refractivity contribution is 0.0692. The number of hydrogen-bond acceptors (Lipinski definition) is 4. The zero-order valence-electron chi connectivity index (χ0n) is 4.78. The summed E-state index contributed by atoms with van der Waals surface area (Å²) in [6.45, 7) is 1.47. The van der Waals surface area contributed by atoms with Gasteiger partial charge >= 0.3 is 0 Å². The smallest absolute Gasteiger partial charge is 0.120 e. The van der Waals surface area contributed by atoms with Crippen molar-refractivity contribution in [3.05, 3.63) is 0 Å². The molecule has 0 spiro atoms. The zero-order valence-corrected chi connectivity index (χ0v) is 4.78. The van der Waals surface area contributed by atoms with Gasteiger partial charge in [-0.2, -0.15) is 0 Å². The molecule has 0 aliphatic heterocycles. The van der Waals surface area contributed by atoms with Crippen molar-refractivity contribution in [2.45, 2.75) is 25.3 Å². The predicted octanol–water partition coefficient (Wildman–Crippen LogP) is -2.03. The minimum absolute atomic E-state index is 0.741. The van der Waals surface area contributed by atoms with Crippen LogP contribution in [0.3, 0.4) is 0 Å². The van der Waals surface area contributed by atoms with Gasteiger partial charge in [0.15, 0.2) is 0 Å². The Morgan fingerprint density at radius 2 is 1.62 bits per heavy atom. The van der Waals surface area contributed by atoms with E-state index in [2.05, 4.69) is 0 Å². The van der Waals surface area contributed by atoms with Crippen LogP contribution in [-0.4, -0.2) is 28.6 Å². The average molecular weight is 120 g/mol. The Morgan fingerprint density at radius 1 is 1.25 bits per heavy atom. The molecule has 0 radical (unpaired) electrons. The van der Waals surface area contributed by atoms with Crippen LogP contribution >= 0.6 is 0 Å². The van der Waals surface area contributed by atoms with Crippen molar-refractivity contribution in [2.24, 2.45) is 11.5 Å². The number of hydrogen-bond donors (Lipinski definition) is 4. The van der Waals surface area contributed by atoms with Crippen molar-refractivity contribution in [1.82, 2.24) is 0 Å². The van der Waals surface area contributed by atoms with Crippen LogP contribution < -0.4 is 11.5 Å². The summed E-state index contributed by atoms with van der Waals surface area (Å²) < 4.78 is 0. The number of rotatable bonds is 2. The second kappa shape index (κ2) is 2.99. The first-order valence-electron chi connectivity index (χ1n) is 2.43. The maximum atomic E-state index is 8.63. The van der Waals surface area contributed by atoms with E-state index in [0.717, 1.165) is 0 Å². The molecular formula is C4H12N2O2. The van der Waals surface area contributed by atoms with Gasteiger partial charge in [-0.15, -0.1) is 0 Å². The molecule has 8 heavy (non-hydrogen) atoms. The minimum atomic E-state index is -1.13. The molecule has 3 atom stereocenters. The summed E-state index contributed by atoms with van der Waals surface area (Å²) in [6, 6.07) is -0.741. The lowest BCUT2D eigenvalue weighted by Gasteiger charge is -2.16. The van der Waals surface area contributed by atoms with Crippen LogP contribution in [0.4, 0.5) is 0 Å². The van der Waals surface area contributed by atoms with Gasteiger partial charge in [-0.05, 0) is 6.92 Å². The monoisotopic (exact) mass is 120 g/mol. The summed E-state index contributed by atoms with van der Waals surface area (Å²) in [5.74, 6) is 0. The molecule has 0 aromatic rings. The summed E-state index contributed by atoms with van der Waals surface area (Å²) in [5.41, 5.74) is 10.0. The zero-order chi connectivity index (χ0) is 6.73. The predicted molar refractivity (Wildman–Crippen MR) is 29.9 cm³/mol. The van der Waals surface area contributed by atoms with Gasteiger partial charge in [0, 0.05) is 0 Å². The Balaban J connectivity index is 3.46. The third-order valence-electron chi connectivity index (χ3n) is 0.951. The molecule has 6 N–H and O–H groups in total. The molecule has 0 rings (SSSR count). The molecule has 0 amide bonds. The summed E-state index contributed by atoms with van der Waals surface area (Å²) in [6.07, 6.45) is -1.88. The normalized spacial score (nSPS) is 22.1. The molecule has 50 valence electrons. The maximum absolute atomic E-state index is 8.63. The summed E-state index contributed by atoms with van der Waals surface area (Å²) in [4.78, 5) is 0. The molecule has 4 heteroatoms. The van der Waals surface area contributed by atoms with E-state index in [0.29, 0.717) is 0 Å². The van der Waals surface area contributed by atoms with Crippen molar-refractivity contribution in [2.75, 3.05) is 0 Å². The first kappa shape index (κ1) is 7.84. The molecule has 0 aromatic carbocycles. The molecular weight excluding hydrogens is 108 g/mol. The molecule has 0 aliphatic carbocycles. The second-order valence-corrected chi connectivity index (χ2v) is 1.81. The van der Waals surface area contributed by atoms with Crippen LogP contribution in [0, 0.1) is 0 Å². The van der Waals surface area contributed by atoms with Crippen molar-refractivity contribution >= 4 is 0 Å². The number of aliphatic hydroxyl groups is 2. The van der Waals surface area contributed by atoms with Gasteiger partial charge in [-0.1, -0.05) is 0 Å². The van der Waals surface area contributed by atoms with E-state index < -0.39 is 18.4 Å². The fourth-order valence-electron chi connectivity index (χ4n) is 0.285. The molecule has 0 aromatic heterocycles. The van der Waals surface area contributed by atoms with E-state index in [1.165, 1.54) is 6.92 Å². The van der Waals surface area contributed by atoms with E-state index in [4.69, 9.17) is 21.7 Å². The van der Waals surface area contributed by atoms with Crippen LogP contribution in [0.1, 0.15) is 6.92 Å². The Kier molecular flexibility index (Phi) is 2.93. The average Bonchev–Trinajstić information content (AvgIpc) is 1.64. The van der Waals surface area contributed by atoms with E-state index in [9.17, 15) is 0 Å². The highest BCUT2D eigenvalue weighted by molar-refractivity contribution is 4.71. The van der Waals surface area contributed by atoms with Gasteiger partial charge in [-0.25, -0.2) is 0 Å². The van der Waals surface area contributed by atoms with E-state index in [1.54, 1.807) is 0 Å². The third-order valence-corrected chi connectivity index (χ3v) is 0.951. The van der Waals surface area contributed by atoms with E-state index in [-0.39, 0.29) is 0 Å². The van der Waals surface area contributed by atoms with Gasteiger partial charge < -0.3 is 21.7 Å². The second-order valence-electron chi connectivity index (χ2n) is 1.81. The quantitative estimate of drug-likeness (QED) is 0.316. The SMILES string of the molecule is CC(O)C(N)C(N)O. The van der Waals surface area contributed by atoms with Gasteiger partial charge in [0.05, 0.1) is 12.1 Å². The van der Waals surface area contributed by atoms with Gasteiger partial charge in [0.25, 0.3) is 0 Å². The first-order chi connectivity index (χ1) is 3.55.